The summed E-state index contributed by atoms with van der Waals surface area (Å²) in [6, 6.07) is 11.3. The Hall–Kier alpha value is -2.16. The summed E-state index contributed by atoms with van der Waals surface area (Å²) in [4.78, 5) is 0. The predicted molar refractivity (Wildman–Crippen MR) is 80.3 cm³/mol. The molecule has 20 heavy (non-hydrogen) atoms. The molecular weight excluding hydrogens is 250 g/mol. The van der Waals surface area contributed by atoms with Crippen molar-refractivity contribution in [2.45, 2.75) is 32.2 Å². The third-order valence-corrected chi connectivity index (χ3v) is 3.98. The Bertz CT molecular complexity index is 637. The third kappa shape index (κ3) is 2.44. The molecule has 3 rings (SSSR count). The highest BCUT2D eigenvalue weighted by molar-refractivity contribution is 5.55. The maximum absolute atomic E-state index is 9.59. The molecule has 1 atom stereocenters. The number of anilines is 1. The Morgan fingerprint density at radius 1 is 1.05 bits per heavy atom. The molecule has 0 saturated carbocycles. The molecule has 0 saturated heterocycles. The minimum Gasteiger partial charge on any atom is -0.508 e. The maximum atomic E-state index is 9.59. The van der Waals surface area contributed by atoms with Crippen molar-refractivity contribution in [3.05, 3.63) is 53.1 Å². The van der Waals surface area contributed by atoms with Crippen LogP contribution in [0.3, 0.4) is 0 Å². The van der Waals surface area contributed by atoms with Gasteiger partial charge in [0.1, 0.15) is 11.5 Å². The van der Waals surface area contributed by atoms with Crippen molar-refractivity contribution in [3.63, 3.8) is 0 Å². The van der Waals surface area contributed by atoms with Gasteiger partial charge in [0.25, 0.3) is 0 Å². The Kier molecular flexibility index (Phi) is 3.26. The molecular formula is C17H19NO2. The van der Waals surface area contributed by atoms with E-state index in [9.17, 15) is 10.2 Å². The number of aromatic hydroxyl groups is 2. The normalized spacial score (nSPS) is 17.6. The van der Waals surface area contributed by atoms with Crippen molar-refractivity contribution < 1.29 is 10.2 Å². The molecule has 104 valence electrons. The van der Waals surface area contributed by atoms with Crippen molar-refractivity contribution in [1.82, 2.24) is 0 Å². The van der Waals surface area contributed by atoms with E-state index in [0.717, 1.165) is 30.5 Å². The first-order valence-corrected chi connectivity index (χ1v) is 7.01. The molecule has 0 bridgehead atoms. The Balaban J connectivity index is 1.89. The summed E-state index contributed by atoms with van der Waals surface area (Å²) < 4.78 is 0. The second-order valence-electron chi connectivity index (χ2n) is 5.47. The Morgan fingerprint density at radius 3 is 2.60 bits per heavy atom. The van der Waals surface area contributed by atoms with E-state index in [1.807, 2.05) is 25.1 Å². The van der Waals surface area contributed by atoms with Gasteiger partial charge in [-0.2, -0.15) is 0 Å². The molecule has 0 amide bonds. The maximum Gasteiger partial charge on any atom is 0.115 e. The Morgan fingerprint density at radius 2 is 1.80 bits per heavy atom. The van der Waals surface area contributed by atoms with Gasteiger partial charge in [-0.05, 0) is 73.2 Å². The van der Waals surface area contributed by atoms with Crippen LogP contribution in [0.25, 0.3) is 0 Å². The molecule has 1 aliphatic rings. The molecule has 2 aromatic rings. The first-order valence-electron chi connectivity index (χ1n) is 7.01. The summed E-state index contributed by atoms with van der Waals surface area (Å²) in [5, 5.41) is 22.6. The number of rotatable bonds is 2. The molecule has 3 nitrogen and oxygen atoms in total. The van der Waals surface area contributed by atoms with Gasteiger partial charge in [0.2, 0.25) is 0 Å². The van der Waals surface area contributed by atoms with E-state index in [-0.39, 0.29) is 6.04 Å². The first-order chi connectivity index (χ1) is 9.63. The summed E-state index contributed by atoms with van der Waals surface area (Å²) in [5.74, 6) is 0.632. The van der Waals surface area contributed by atoms with Crippen LogP contribution in [0, 0.1) is 6.92 Å². The van der Waals surface area contributed by atoms with Gasteiger partial charge in [0, 0.05) is 5.69 Å². The summed E-state index contributed by atoms with van der Waals surface area (Å²) in [7, 11) is 0. The fourth-order valence-corrected chi connectivity index (χ4v) is 2.95. The highest BCUT2D eigenvalue weighted by Gasteiger charge is 2.20. The number of phenols is 2. The molecule has 0 fully saturated rings. The highest BCUT2D eigenvalue weighted by atomic mass is 16.3. The van der Waals surface area contributed by atoms with Crippen LogP contribution in [0.1, 0.15) is 35.6 Å². The molecule has 0 aliphatic heterocycles. The number of nitrogens with one attached hydrogen (secondary N) is 1. The Labute approximate surface area is 118 Å². The molecule has 0 spiro atoms. The van der Waals surface area contributed by atoms with E-state index in [1.54, 1.807) is 18.2 Å². The molecule has 0 aromatic heterocycles. The minimum atomic E-state index is 0.266. The highest BCUT2D eigenvalue weighted by Crippen LogP contribution is 2.35. The van der Waals surface area contributed by atoms with Crippen LogP contribution >= 0.6 is 0 Å². The van der Waals surface area contributed by atoms with Crippen molar-refractivity contribution in [2.75, 3.05) is 5.32 Å². The van der Waals surface area contributed by atoms with E-state index in [0.29, 0.717) is 11.5 Å². The number of hydrogen-bond acceptors (Lipinski definition) is 3. The van der Waals surface area contributed by atoms with Crippen LogP contribution in [0.5, 0.6) is 11.5 Å². The van der Waals surface area contributed by atoms with Gasteiger partial charge < -0.3 is 15.5 Å². The molecule has 0 radical (unpaired) electrons. The van der Waals surface area contributed by atoms with E-state index in [4.69, 9.17) is 0 Å². The lowest BCUT2D eigenvalue weighted by molar-refractivity contribution is 0.472. The van der Waals surface area contributed by atoms with Gasteiger partial charge in [-0.1, -0.05) is 6.07 Å². The van der Waals surface area contributed by atoms with Gasteiger partial charge in [-0.15, -0.1) is 0 Å². The van der Waals surface area contributed by atoms with Gasteiger partial charge in [0.15, 0.2) is 0 Å². The number of hydrogen-bond donors (Lipinski definition) is 3. The second-order valence-corrected chi connectivity index (χ2v) is 5.47. The largest absolute Gasteiger partial charge is 0.508 e. The number of aryl methyl sites for hydroxylation is 2. The average molecular weight is 269 g/mol. The topological polar surface area (TPSA) is 52.5 Å². The van der Waals surface area contributed by atoms with Crippen LogP contribution in [-0.4, -0.2) is 10.2 Å². The van der Waals surface area contributed by atoms with Gasteiger partial charge in [-0.25, -0.2) is 0 Å². The van der Waals surface area contributed by atoms with Crippen LogP contribution in [-0.2, 0) is 6.42 Å². The monoisotopic (exact) mass is 269 g/mol. The minimum absolute atomic E-state index is 0.266. The fourth-order valence-electron chi connectivity index (χ4n) is 2.95. The number of phenolic OH excluding ortho intramolecular Hbond substituents is 2. The lowest BCUT2D eigenvalue weighted by Gasteiger charge is -2.28. The first kappa shape index (κ1) is 12.9. The van der Waals surface area contributed by atoms with Crippen LogP contribution in [0.4, 0.5) is 5.69 Å². The van der Waals surface area contributed by atoms with E-state index in [1.165, 1.54) is 11.1 Å². The van der Waals surface area contributed by atoms with Crippen molar-refractivity contribution in [2.24, 2.45) is 0 Å². The lowest BCUT2D eigenvalue weighted by Crippen LogP contribution is -2.17. The standard InChI is InChI=1S/C17H19NO2/c1-11-9-13(19)6-8-16(11)18-17-4-2-3-12-10-14(20)5-7-15(12)17/h5-10,17-20H,2-4H2,1H3. The van der Waals surface area contributed by atoms with Gasteiger partial charge in [-0.3, -0.25) is 0 Å². The second kappa shape index (κ2) is 5.08. The summed E-state index contributed by atoms with van der Waals surface area (Å²) in [6.45, 7) is 1.99. The molecule has 3 N–H and O–H groups in total. The van der Waals surface area contributed by atoms with E-state index >= 15 is 0 Å². The lowest BCUT2D eigenvalue weighted by atomic mass is 9.87. The smallest absolute Gasteiger partial charge is 0.115 e. The van der Waals surface area contributed by atoms with Crippen molar-refractivity contribution in [3.8, 4) is 11.5 Å². The third-order valence-electron chi connectivity index (χ3n) is 3.98. The molecule has 2 aromatic carbocycles. The summed E-state index contributed by atoms with van der Waals surface area (Å²) >= 11 is 0. The fraction of sp³-hybridized carbons (Fsp3) is 0.294. The summed E-state index contributed by atoms with van der Waals surface area (Å²) in [6.07, 6.45) is 3.22. The van der Waals surface area contributed by atoms with Crippen molar-refractivity contribution in [1.29, 1.82) is 0 Å². The quantitative estimate of drug-likeness (QED) is 0.725. The zero-order valence-corrected chi connectivity index (χ0v) is 11.6. The van der Waals surface area contributed by atoms with Gasteiger partial charge >= 0.3 is 0 Å². The van der Waals surface area contributed by atoms with Crippen LogP contribution in [0.2, 0.25) is 0 Å². The molecule has 3 heteroatoms. The predicted octanol–water partition coefficient (Wildman–Crippen LogP) is 3.90. The molecule has 1 unspecified atom stereocenters. The molecule has 0 heterocycles. The average Bonchev–Trinajstić information content (AvgIpc) is 2.41. The zero-order valence-electron chi connectivity index (χ0n) is 11.6. The SMILES string of the molecule is Cc1cc(O)ccc1NC1CCCc2cc(O)ccc21. The van der Waals surface area contributed by atoms with E-state index < -0.39 is 0 Å². The number of benzene rings is 2. The van der Waals surface area contributed by atoms with E-state index in [2.05, 4.69) is 5.32 Å². The van der Waals surface area contributed by atoms with Crippen molar-refractivity contribution >= 4 is 5.69 Å². The van der Waals surface area contributed by atoms with Crippen LogP contribution < -0.4 is 5.32 Å². The van der Waals surface area contributed by atoms with Crippen LogP contribution in [0.15, 0.2) is 36.4 Å². The number of fused-ring (bicyclic) bond motifs is 1. The summed E-state index contributed by atoms with van der Waals surface area (Å²) in [5.41, 5.74) is 4.58. The van der Waals surface area contributed by atoms with Gasteiger partial charge in [0.05, 0.1) is 6.04 Å². The molecule has 1 aliphatic carbocycles. The zero-order chi connectivity index (χ0) is 14.1.